The Labute approximate surface area is 389 Å². The lowest BCUT2D eigenvalue weighted by atomic mass is 10.1. The molecule has 0 radical (unpaired) electrons. The highest BCUT2D eigenvalue weighted by Crippen LogP contribution is 2.37. The van der Waals surface area contributed by atoms with Crippen LogP contribution in [-0.2, 0) is 19.2 Å². The molecule has 0 aromatic heterocycles. The highest BCUT2D eigenvalue weighted by molar-refractivity contribution is 5.98. The van der Waals surface area contributed by atoms with Crippen molar-refractivity contribution in [3.8, 4) is 12.1 Å². The Bertz CT molecular complexity index is 2840. The Morgan fingerprint density at radius 1 is 0.382 bits per heavy atom. The van der Waals surface area contributed by atoms with Crippen LogP contribution in [0.2, 0.25) is 0 Å². The fourth-order valence-electron chi connectivity index (χ4n) is 6.65. The standard InChI is InChI=1S/C54H34N6O8/c1-57-49(53(65)66)31-39-13-25-47(26-14-39)60(48-27-15-40(16-28-48)32-50(58-2)54(67)68)44-19-7-36(8-20-44)4-3-35-5-17-43(18-6-35)59(45-21-9-37(10-22-45)29-41(33-55)51(61)62)46-23-11-38(12-24-46)30-42(34-56)52(63)64/h3-32H,(H,61,62)(H,63,64)(H,65,66)(H,67,68). The first-order valence-corrected chi connectivity index (χ1v) is 20.0. The Balaban J connectivity index is 1.29. The summed E-state index contributed by atoms with van der Waals surface area (Å²) in [6.07, 6.45) is 8.98. The third-order valence-electron chi connectivity index (χ3n) is 9.99. The molecule has 0 unspecified atom stereocenters. The van der Waals surface area contributed by atoms with Gasteiger partial charge in [0.2, 0.25) is 0 Å². The first-order chi connectivity index (χ1) is 32.8. The van der Waals surface area contributed by atoms with Gasteiger partial charge in [-0.1, -0.05) is 84.9 Å². The molecule has 328 valence electrons. The van der Waals surface area contributed by atoms with Gasteiger partial charge >= 0.3 is 23.9 Å². The molecule has 68 heavy (non-hydrogen) atoms. The number of anilines is 6. The van der Waals surface area contributed by atoms with Crippen molar-refractivity contribution >= 4 is 94.5 Å². The molecule has 6 aromatic rings. The number of nitriles is 2. The molecule has 0 fully saturated rings. The number of carboxylic acids is 4. The largest absolute Gasteiger partial charge is 0.486 e. The van der Waals surface area contributed by atoms with Gasteiger partial charge in [-0.15, -0.1) is 0 Å². The van der Waals surface area contributed by atoms with Crippen LogP contribution in [0.3, 0.4) is 0 Å². The zero-order chi connectivity index (χ0) is 48.7. The molecular weight excluding hydrogens is 861 g/mol. The van der Waals surface area contributed by atoms with E-state index in [0.717, 1.165) is 22.5 Å². The van der Waals surface area contributed by atoms with Crippen LogP contribution in [0.4, 0.5) is 34.1 Å². The lowest BCUT2D eigenvalue weighted by Crippen LogP contribution is -2.10. The molecule has 0 aliphatic carbocycles. The highest BCUT2D eigenvalue weighted by Gasteiger charge is 2.16. The molecule has 6 aromatic carbocycles. The zero-order valence-electron chi connectivity index (χ0n) is 35.4. The van der Waals surface area contributed by atoms with Gasteiger partial charge in [0, 0.05) is 34.1 Å². The predicted octanol–water partition coefficient (Wildman–Crippen LogP) is 11.5. The minimum absolute atomic E-state index is 0.416. The van der Waals surface area contributed by atoms with Gasteiger partial charge < -0.3 is 30.2 Å². The molecule has 0 saturated carbocycles. The fourth-order valence-corrected chi connectivity index (χ4v) is 6.65. The van der Waals surface area contributed by atoms with Gasteiger partial charge in [-0.3, -0.25) is 9.59 Å². The van der Waals surface area contributed by atoms with Gasteiger partial charge in [0.1, 0.15) is 23.3 Å². The molecule has 0 aliphatic rings. The van der Waals surface area contributed by atoms with E-state index in [-0.39, 0.29) is 0 Å². The van der Waals surface area contributed by atoms with Crippen LogP contribution in [0.1, 0.15) is 33.4 Å². The molecule has 0 bridgehead atoms. The van der Waals surface area contributed by atoms with Gasteiger partial charge in [0.05, 0.1) is 13.1 Å². The summed E-state index contributed by atoms with van der Waals surface area (Å²) in [6, 6.07) is 46.4. The van der Waals surface area contributed by atoms with Crippen LogP contribution < -0.4 is 9.80 Å². The topological polar surface area (TPSA) is 212 Å². The van der Waals surface area contributed by atoms with Crippen LogP contribution in [0.25, 0.3) is 46.1 Å². The zero-order valence-corrected chi connectivity index (χ0v) is 35.4. The first kappa shape index (κ1) is 47.0. The van der Waals surface area contributed by atoms with Gasteiger partial charge in [0.15, 0.2) is 0 Å². The van der Waals surface area contributed by atoms with Crippen molar-refractivity contribution in [2.45, 2.75) is 0 Å². The maximum atomic E-state index is 11.4. The maximum absolute atomic E-state index is 11.4. The van der Waals surface area contributed by atoms with Crippen molar-refractivity contribution in [3.05, 3.63) is 224 Å². The molecule has 0 atom stereocenters. The Kier molecular flexibility index (Phi) is 15.0. The van der Waals surface area contributed by atoms with E-state index >= 15 is 0 Å². The van der Waals surface area contributed by atoms with Crippen molar-refractivity contribution in [2.24, 2.45) is 0 Å². The minimum Gasteiger partial charge on any atom is -0.486 e. The number of aliphatic carboxylic acids is 4. The van der Waals surface area contributed by atoms with Gasteiger partial charge in [-0.2, -0.15) is 10.5 Å². The van der Waals surface area contributed by atoms with E-state index in [9.17, 15) is 50.1 Å². The molecule has 4 N–H and O–H groups in total. The highest BCUT2D eigenvalue weighted by atomic mass is 16.4. The second-order valence-electron chi connectivity index (χ2n) is 14.4. The van der Waals surface area contributed by atoms with Crippen molar-refractivity contribution < 1.29 is 39.6 Å². The monoisotopic (exact) mass is 894 g/mol. The molecule has 0 aliphatic heterocycles. The third-order valence-corrected chi connectivity index (χ3v) is 9.99. The number of benzene rings is 6. The van der Waals surface area contributed by atoms with Crippen LogP contribution in [0, 0.1) is 35.8 Å². The number of carboxylic acid groups (broad SMARTS) is 4. The van der Waals surface area contributed by atoms with Crippen LogP contribution in [-0.4, -0.2) is 44.3 Å². The van der Waals surface area contributed by atoms with Crippen molar-refractivity contribution in [3.63, 3.8) is 0 Å². The maximum Gasteiger partial charge on any atom is 0.346 e. The lowest BCUT2D eigenvalue weighted by Gasteiger charge is -2.26. The molecule has 0 spiro atoms. The van der Waals surface area contributed by atoms with E-state index in [1.54, 1.807) is 109 Å². The van der Waals surface area contributed by atoms with Gasteiger partial charge in [-0.25, -0.2) is 19.3 Å². The second kappa shape index (κ2) is 21.7. The van der Waals surface area contributed by atoms with E-state index in [2.05, 4.69) is 9.69 Å². The quantitative estimate of drug-likeness (QED) is 0.0309. The second-order valence-corrected chi connectivity index (χ2v) is 14.4. The molecule has 0 heterocycles. The molecule has 0 amide bonds. The summed E-state index contributed by atoms with van der Waals surface area (Å²) >= 11 is 0. The van der Waals surface area contributed by atoms with E-state index in [1.165, 1.54) is 24.3 Å². The average Bonchev–Trinajstić information content (AvgIpc) is 3.35. The Morgan fingerprint density at radius 2 is 0.603 bits per heavy atom. The first-order valence-electron chi connectivity index (χ1n) is 20.0. The number of hydrogen-bond donors (Lipinski definition) is 4. The van der Waals surface area contributed by atoms with Crippen LogP contribution in [0.5, 0.6) is 0 Å². The summed E-state index contributed by atoms with van der Waals surface area (Å²) < 4.78 is 0. The smallest absolute Gasteiger partial charge is 0.346 e. The van der Waals surface area contributed by atoms with Crippen molar-refractivity contribution in [1.82, 2.24) is 0 Å². The Hall–Kier alpha value is -10.5. The number of hydrogen-bond acceptors (Lipinski definition) is 8. The fraction of sp³-hybridized carbons (Fsp3) is 0. The van der Waals surface area contributed by atoms with E-state index < -0.39 is 46.4 Å². The van der Waals surface area contributed by atoms with E-state index in [1.807, 2.05) is 70.5 Å². The molecule has 14 heteroatoms. The van der Waals surface area contributed by atoms with Gasteiger partial charge in [-0.05, 0) is 130 Å². The van der Waals surface area contributed by atoms with Crippen molar-refractivity contribution in [1.29, 1.82) is 10.5 Å². The summed E-state index contributed by atoms with van der Waals surface area (Å²) in [6.45, 7) is 14.4. The van der Waals surface area contributed by atoms with E-state index in [4.69, 9.17) is 13.1 Å². The SMILES string of the molecule is [C-]#[N+]C(=Cc1ccc(N(c2ccc(C=Cc3ccc(N(c4ccc(C=C(C#N)C(=O)O)cc4)c4ccc(C=C(C#N)C(=O)O)cc4)cc3)cc2)c2ccc(C=C([N+]#[C-])C(=O)O)cc2)cc1)C(=O)O. The number of rotatable bonds is 16. The number of carbonyl (C=O) groups is 4. The molecule has 14 nitrogen and oxygen atoms in total. The normalized spacial score (nSPS) is 11.6. The average molecular weight is 895 g/mol. The summed E-state index contributed by atoms with van der Waals surface area (Å²) in [5.41, 5.74) is 6.38. The molecule has 0 saturated heterocycles. The molecular formula is C54H34N6O8. The summed E-state index contributed by atoms with van der Waals surface area (Å²) in [5.74, 6) is -5.35. The third kappa shape index (κ3) is 11.7. The van der Waals surface area contributed by atoms with Crippen LogP contribution >= 0.6 is 0 Å². The Morgan fingerprint density at radius 3 is 0.794 bits per heavy atom. The number of nitrogens with zero attached hydrogens (tertiary/aromatic N) is 6. The van der Waals surface area contributed by atoms with Crippen molar-refractivity contribution in [2.75, 3.05) is 9.80 Å². The molecule has 6 rings (SSSR count). The summed E-state index contributed by atoms with van der Waals surface area (Å²) in [7, 11) is 0. The summed E-state index contributed by atoms with van der Waals surface area (Å²) in [5, 5.41) is 55.8. The summed E-state index contributed by atoms with van der Waals surface area (Å²) in [4.78, 5) is 55.8. The predicted molar refractivity (Wildman–Crippen MR) is 258 cm³/mol. The van der Waals surface area contributed by atoms with Crippen LogP contribution in [0.15, 0.2) is 168 Å². The minimum atomic E-state index is -1.34. The lowest BCUT2D eigenvalue weighted by molar-refractivity contribution is -0.133. The van der Waals surface area contributed by atoms with E-state index in [0.29, 0.717) is 45.0 Å². The van der Waals surface area contributed by atoms with Gasteiger partial charge in [0.25, 0.3) is 11.4 Å².